The molecule has 0 spiro atoms. The molecule has 122 valence electrons. The van der Waals surface area contributed by atoms with E-state index in [1.54, 1.807) is 6.07 Å². The average molecular weight is 321 g/mol. The highest BCUT2D eigenvalue weighted by atomic mass is 19.1. The quantitative estimate of drug-likeness (QED) is 0.760. The molecular formula is C20H20FN3. The zero-order chi connectivity index (χ0) is 16.5. The Kier molecular flexibility index (Phi) is 3.81. The first-order chi connectivity index (χ1) is 11.7. The normalized spacial score (nSPS) is 14.8. The number of anilines is 1. The van der Waals surface area contributed by atoms with Crippen LogP contribution in [-0.4, -0.2) is 16.3 Å². The van der Waals surface area contributed by atoms with Crippen LogP contribution in [0.1, 0.15) is 30.5 Å². The van der Waals surface area contributed by atoms with Gasteiger partial charge < -0.3 is 5.32 Å². The van der Waals surface area contributed by atoms with Crippen LogP contribution in [0.15, 0.2) is 54.6 Å². The molecule has 0 amide bonds. The third-order valence-corrected chi connectivity index (χ3v) is 4.67. The van der Waals surface area contributed by atoms with E-state index in [1.165, 1.54) is 0 Å². The van der Waals surface area contributed by atoms with Gasteiger partial charge in [0.25, 0.3) is 0 Å². The zero-order valence-electron chi connectivity index (χ0n) is 13.7. The maximum Gasteiger partial charge on any atom is 0.131 e. The molecule has 3 nitrogen and oxygen atoms in total. The van der Waals surface area contributed by atoms with E-state index in [2.05, 4.69) is 23.4 Å². The lowest BCUT2D eigenvalue weighted by Crippen LogP contribution is -2.17. The lowest BCUT2D eigenvalue weighted by molar-refractivity contribution is 0.558. The Morgan fingerprint density at radius 3 is 2.71 bits per heavy atom. The Balaban J connectivity index is 1.64. The topological polar surface area (TPSA) is 29.9 Å². The zero-order valence-corrected chi connectivity index (χ0v) is 13.7. The van der Waals surface area contributed by atoms with Gasteiger partial charge in [-0.25, -0.2) is 9.07 Å². The molecule has 3 aromatic rings. The summed E-state index contributed by atoms with van der Waals surface area (Å²) in [5, 5.41) is 8.03. The molecule has 2 heterocycles. The number of aryl methyl sites for hydroxylation is 1. The number of benzene rings is 2. The number of hydrogen-bond donors (Lipinski definition) is 1. The van der Waals surface area contributed by atoms with E-state index < -0.39 is 0 Å². The summed E-state index contributed by atoms with van der Waals surface area (Å²) in [7, 11) is 0. The first-order valence-corrected chi connectivity index (χ1v) is 8.39. The summed E-state index contributed by atoms with van der Waals surface area (Å²) in [6, 6.07) is 17.2. The van der Waals surface area contributed by atoms with Crippen molar-refractivity contribution in [1.82, 2.24) is 9.78 Å². The number of nitrogens with zero attached hydrogens (tertiary/aromatic N) is 2. The molecule has 1 aromatic heterocycles. The van der Waals surface area contributed by atoms with E-state index in [9.17, 15) is 4.39 Å². The summed E-state index contributed by atoms with van der Waals surface area (Å²) in [5.74, 6) is 0.932. The van der Waals surface area contributed by atoms with E-state index in [0.717, 1.165) is 42.1 Å². The van der Waals surface area contributed by atoms with Crippen molar-refractivity contribution in [1.29, 1.82) is 0 Å². The maximum absolute atomic E-state index is 14.6. The Hall–Kier alpha value is -2.62. The number of rotatable bonds is 3. The van der Waals surface area contributed by atoms with E-state index >= 15 is 0 Å². The van der Waals surface area contributed by atoms with Gasteiger partial charge in [0, 0.05) is 30.6 Å². The molecule has 0 aliphatic carbocycles. The molecule has 1 aliphatic rings. The van der Waals surface area contributed by atoms with Crippen LogP contribution < -0.4 is 5.32 Å². The van der Waals surface area contributed by atoms with E-state index in [0.29, 0.717) is 5.56 Å². The Labute approximate surface area is 141 Å². The predicted molar refractivity (Wildman–Crippen MR) is 94.7 cm³/mol. The third-order valence-electron chi connectivity index (χ3n) is 4.67. The van der Waals surface area contributed by atoms with Crippen LogP contribution >= 0.6 is 0 Å². The first-order valence-electron chi connectivity index (χ1n) is 8.39. The minimum absolute atomic E-state index is 0.0595. The first kappa shape index (κ1) is 14.9. The number of hydrogen-bond acceptors (Lipinski definition) is 2. The molecule has 24 heavy (non-hydrogen) atoms. The van der Waals surface area contributed by atoms with Gasteiger partial charge in [0.15, 0.2) is 0 Å². The van der Waals surface area contributed by atoms with Crippen LogP contribution in [0.5, 0.6) is 0 Å². The molecule has 0 saturated heterocycles. The van der Waals surface area contributed by atoms with Crippen LogP contribution in [0.3, 0.4) is 0 Å². The fourth-order valence-corrected chi connectivity index (χ4v) is 3.23. The van der Waals surface area contributed by atoms with Gasteiger partial charge >= 0.3 is 0 Å². The van der Waals surface area contributed by atoms with Crippen molar-refractivity contribution in [3.63, 3.8) is 0 Å². The number of nitrogens with one attached hydrogen (secondary N) is 1. The highest BCUT2D eigenvalue weighted by Crippen LogP contribution is 2.30. The number of fused-ring (bicyclic) bond motifs is 1. The lowest BCUT2D eigenvalue weighted by Gasteiger charge is -2.14. The van der Waals surface area contributed by atoms with Crippen LogP contribution in [0.25, 0.3) is 11.1 Å². The molecule has 1 N–H and O–H groups in total. The second-order valence-corrected chi connectivity index (χ2v) is 6.28. The van der Waals surface area contributed by atoms with Crippen molar-refractivity contribution < 1.29 is 4.39 Å². The van der Waals surface area contributed by atoms with Gasteiger partial charge in [0.2, 0.25) is 0 Å². The molecule has 1 atom stereocenters. The minimum Gasteiger partial charge on any atom is -0.370 e. The second-order valence-electron chi connectivity index (χ2n) is 6.28. The van der Waals surface area contributed by atoms with E-state index in [4.69, 9.17) is 0 Å². The SMILES string of the molecule is C[C@@H](c1ccc(-c2ccccc2)c(F)c1)c1cc2n(n1)CCCN2. The molecule has 0 bridgehead atoms. The van der Waals surface area contributed by atoms with Gasteiger partial charge in [-0.05, 0) is 23.6 Å². The van der Waals surface area contributed by atoms with Crippen LogP contribution in [-0.2, 0) is 6.54 Å². The monoisotopic (exact) mass is 321 g/mol. The molecule has 0 fully saturated rings. The summed E-state index contributed by atoms with van der Waals surface area (Å²) in [5.41, 5.74) is 3.46. The van der Waals surface area contributed by atoms with Gasteiger partial charge in [-0.15, -0.1) is 0 Å². The maximum atomic E-state index is 14.6. The summed E-state index contributed by atoms with van der Waals surface area (Å²) < 4.78 is 16.6. The molecule has 0 saturated carbocycles. The van der Waals surface area contributed by atoms with Crippen molar-refractivity contribution in [3.8, 4) is 11.1 Å². The van der Waals surface area contributed by atoms with E-state index in [-0.39, 0.29) is 11.7 Å². The summed E-state index contributed by atoms with van der Waals surface area (Å²) in [6.07, 6.45) is 1.09. The molecular weight excluding hydrogens is 301 g/mol. The number of halogens is 1. The predicted octanol–water partition coefficient (Wildman–Crippen LogP) is 4.66. The average Bonchev–Trinajstić information content (AvgIpc) is 3.06. The smallest absolute Gasteiger partial charge is 0.131 e. The van der Waals surface area contributed by atoms with Crippen LogP contribution in [0.2, 0.25) is 0 Å². The van der Waals surface area contributed by atoms with Crippen molar-refractivity contribution in [2.24, 2.45) is 0 Å². The van der Waals surface area contributed by atoms with Gasteiger partial charge in [-0.3, -0.25) is 0 Å². The lowest BCUT2D eigenvalue weighted by atomic mass is 9.95. The van der Waals surface area contributed by atoms with Gasteiger partial charge in [-0.1, -0.05) is 49.4 Å². The Morgan fingerprint density at radius 1 is 1.12 bits per heavy atom. The van der Waals surface area contributed by atoms with E-state index in [1.807, 2.05) is 47.1 Å². The summed E-state index contributed by atoms with van der Waals surface area (Å²) in [6.45, 7) is 4.00. The van der Waals surface area contributed by atoms with Crippen molar-refractivity contribution in [2.75, 3.05) is 11.9 Å². The molecule has 0 radical (unpaired) electrons. The number of aromatic nitrogens is 2. The second kappa shape index (κ2) is 6.11. The molecule has 2 aromatic carbocycles. The standard InChI is InChI=1S/C20H20FN3/c1-14(19-13-20-22-10-5-11-24(20)23-19)16-8-9-17(18(21)12-16)15-6-3-2-4-7-15/h2-4,6-9,12-14,22H,5,10-11H2,1H3/t14-/m0/s1. The molecule has 4 rings (SSSR count). The van der Waals surface area contributed by atoms with Crippen molar-refractivity contribution in [3.05, 3.63) is 71.7 Å². The summed E-state index contributed by atoms with van der Waals surface area (Å²) in [4.78, 5) is 0. The van der Waals surface area contributed by atoms with Gasteiger partial charge in [0.1, 0.15) is 11.6 Å². The minimum atomic E-state index is -0.187. The fraction of sp³-hybridized carbons (Fsp3) is 0.250. The highest BCUT2D eigenvalue weighted by Gasteiger charge is 2.18. The Morgan fingerprint density at radius 2 is 1.96 bits per heavy atom. The van der Waals surface area contributed by atoms with Crippen molar-refractivity contribution in [2.45, 2.75) is 25.8 Å². The summed E-state index contributed by atoms with van der Waals surface area (Å²) >= 11 is 0. The Bertz CT molecular complexity index is 831. The fourth-order valence-electron chi connectivity index (χ4n) is 3.23. The molecule has 1 aliphatic heterocycles. The highest BCUT2D eigenvalue weighted by molar-refractivity contribution is 5.64. The van der Waals surface area contributed by atoms with Crippen molar-refractivity contribution >= 4 is 5.82 Å². The van der Waals surface area contributed by atoms with Gasteiger partial charge in [0.05, 0.1) is 5.69 Å². The molecule has 4 heteroatoms. The van der Waals surface area contributed by atoms with Gasteiger partial charge in [-0.2, -0.15) is 5.10 Å². The van der Waals surface area contributed by atoms with Crippen LogP contribution in [0, 0.1) is 5.82 Å². The third kappa shape index (κ3) is 2.68. The largest absolute Gasteiger partial charge is 0.370 e. The van der Waals surface area contributed by atoms with Crippen LogP contribution in [0.4, 0.5) is 10.2 Å². The molecule has 0 unspecified atom stereocenters.